The molecular weight excluding hydrogens is 225 g/mol. The molecule has 5 heteroatoms. The third-order valence-corrected chi connectivity index (χ3v) is 0. The van der Waals surface area contributed by atoms with Crippen molar-refractivity contribution in [2.24, 2.45) is 0 Å². The zero-order valence-corrected chi connectivity index (χ0v) is 7.15. The van der Waals surface area contributed by atoms with E-state index in [0.717, 1.165) is 0 Å². The van der Waals surface area contributed by atoms with E-state index in [-0.39, 0.29) is 41.3 Å². The van der Waals surface area contributed by atoms with Crippen molar-refractivity contribution in [3.63, 3.8) is 0 Å². The zero-order valence-electron chi connectivity index (χ0n) is 2.29. The monoisotopic (exact) mass is 225 g/mol. The molecule has 0 saturated heterocycles. The van der Waals surface area contributed by atoms with Crippen LogP contribution in [0.1, 0.15) is 0 Å². The molecule has 0 amide bonds. The Hall–Kier alpha value is 1.69. The SMILES string of the molecule is [F][Al]([F])[F].[Pr]. The smallest absolute Gasteiger partial charge is 0.346 e. The molecule has 0 rings (SSSR count). The second kappa shape index (κ2) is 5.69. The maximum absolute atomic E-state index is 9.81. The van der Waals surface area contributed by atoms with E-state index in [1.807, 2.05) is 0 Å². The van der Waals surface area contributed by atoms with E-state index in [4.69, 9.17) is 0 Å². The van der Waals surface area contributed by atoms with Crippen molar-refractivity contribution < 1.29 is 51.9 Å². The van der Waals surface area contributed by atoms with Gasteiger partial charge in [-0.2, -0.15) is 0 Å². The summed E-state index contributed by atoms with van der Waals surface area (Å²) in [5.74, 6) is 0. The minimum atomic E-state index is -4.64. The van der Waals surface area contributed by atoms with Crippen molar-refractivity contribution in [3.05, 3.63) is 0 Å². The van der Waals surface area contributed by atoms with Gasteiger partial charge in [0.1, 0.15) is 0 Å². The average Bonchev–Trinajstić information content (AvgIpc) is 0.811. The van der Waals surface area contributed by atoms with Crippen molar-refractivity contribution >= 4 is 15.5 Å². The van der Waals surface area contributed by atoms with E-state index in [0.29, 0.717) is 0 Å². The van der Waals surface area contributed by atoms with E-state index in [1.54, 1.807) is 0 Å². The van der Waals surface area contributed by atoms with Crippen LogP contribution in [0.4, 0.5) is 10.6 Å². The third-order valence-electron chi connectivity index (χ3n) is 0. The van der Waals surface area contributed by atoms with Gasteiger partial charge < -0.3 is 10.6 Å². The normalized spacial score (nSPS) is 5.40. The summed E-state index contributed by atoms with van der Waals surface area (Å²) in [5.41, 5.74) is 0. The summed E-state index contributed by atoms with van der Waals surface area (Å²) in [6.07, 6.45) is 0. The maximum Gasteiger partial charge on any atom is 1.04 e. The van der Waals surface area contributed by atoms with Gasteiger partial charge in [-0.25, -0.2) is 0 Å². The molecule has 0 aliphatic rings. The molecule has 1 radical (unpaired) electrons. The molecule has 0 saturated carbocycles. The Morgan fingerprint density at radius 2 is 1.00 bits per heavy atom. The van der Waals surface area contributed by atoms with E-state index in [1.165, 1.54) is 0 Å². The quantitative estimate of drug-likeness (QED) is 0.536. The first-order valence-corrected chi connectivity index (χ1v) is 1.96. The molecule has 5 heavy (non-hydrogen) atoms. The molecular formula is AlF3Pr. The fraction of sp³-hybridized carbons (Fsp3) is 0. The fourth-order valence-corrected chi connectivity index (χ4v) is 0. The van der Waals surface area contributed by atoms with Crippen LogP contribution >= 0.6 is 0 Å². The maximum atomic E-state index is 9.81. The van der Waals surface area contributed by atoms with E-state index >= 15 is 0 Å². The largest absolute Gasteiger partial charge is 1.04 e. The first-order chi connectivity index (χ1) is 1.73. The Balaban J connectivity index is 0. The predicted octanol–water partition coefficient (Wildman–Crippen LogP) is 0.880. The van der Waals surface area contributed by atoms with Gasteiger partial charge >= 0.3 is 15.5 Å². The molecule has 0 aromatic heterocycles. The summed E-state index contributed by atoms with van der Waals surface area (Å²) in [5, 5.41) is 0. The van der Waals surface area contributed by atoms with Crippen LogP contribution in [0.5, 0.6) is 0 Å². The average molecular weight is 225 g/mol. The van der Waals surface area contributed by atoms with Gasteiger partial charge in [-0.05, 0) is 0 Å². The van der Waals surface area contributed by atoms with Gasteiger partial charge in [-0.3, -0.25) is 0 Å². The van der Waals surface area contributed by atoms with Crippen LogP contribution in [0.2, 0.25) is 0 Å². The summed E-state index contributed by atoms with van der Waals surface area (Å²) in [6, 6.07) is 0. The molecule has 27 valence electrons. The summed E-state index contributed by atoms with van der Waals surface area (Å²) >= 11 is -4.64. The molecule has 0 fully saturated rings. The van der Waals surface area contributed by atoms with Crippen LogP contribution in [0, 0.1) is 41.3 Å². The predicted molar refractivity (Wildman–Crippen MR) is 9.08 cm³/mol. The Morgan fingerprint density at radius 1 is 1.00 bits per heavy atom. The Kier molecular flexibility index (Phi) is 11.2. The molecule has 0 aromatic rings. The molecule has 0 heterocycles. The minimum absolute atomic E-state index is 0. The topological polar surface area (TPSA) is 0 Å². The van der Waals surface area contributed by atoms with Crippen LogP contribution in [0.3, 0.4) is 0 Å². The summed E-state index contributed by atoms with van der Waals surface area (Å²) in [6.45, 7) is 0. The minimum Gasteiger partial charge on any atom is -0.346 e. The molecule has 0 nitrogen and oxygen atoms in total. The fourth-order valence-electron chi connectivity index (χ4n) is 0. The van der Waals surface area contributed by atoms with Crippen molar-refractivity contribution in [1.82, 2.24) is 0 Å². The summed E-state index contributed by atoms with van der Waals surface area (Å²) < 4.78 is 29.4. The molecule has 0 bridgehead atoms. The van der Waals surface area contributed by atoms with E-state index in [2.05, 4.69) is 0 Å². The second-order valence-electron chi connectivity index (χ2n) is 0.247. The van der Waals surface area contributed by atoms with Crippen LogP contribution in [0.15, 0.2) is 0 Å². The van der Waals surface area contributed by atoms with Gasteiger partial charge in [0.15, 0.2) is 0 Å². The second-order valence-corrected chi connectivity index (χ2v) is 0.742. The van der Waals surface area contributed by atoms with Gasteiger partial charge in [0, 0.05) is 41.3 Å². The molecule has 0 aliphatic carbocycles. The number of rotatable bonds is 0. The molecule has 0 atom stereocenters. The number of hydrogen-bond donors (Lipinski definition) is 0. The molecule has 0 spiro atoms. The molecule has 0 unspecified atom stereocenters. The zero-order chi connectivity index (χ0) is 3.58. The molecule has 0 aliphatic heterocycles. The first kappa shape index (κ1) is 9.84. The van der Waals surface area contributed by atoms with Crippen molar-refractivity contribution in [3.8, 4) is 0 Å². The Morgan fingerprint density at radius 3 is 1.00 bits per heavy atom. The van der Waals surface area contributed by atoms with E-state index < -0.39 is 15.5 Å². The van der Waals surface area contributed by atoms with Gasteiger partial charge in [-0.1, -0.05) is 0 Å². The van der Waals surface area contributed by atoms with Crippen molar-refractivity contribution in [2.45, 2.75) is 0 Å². The van der Waals surface area contributed by atoms with Crippen molar-refractivity contribution in [1.29, 1.82) is 0 Å². The van der Waals surface area contributed by atoms with Crippen molar-refractivity contribution in [2.75, 3.05) is 0 Å². The Labute approximate surface area is 66.5 Å². The Bertz CT molecular complexity index is 11.6. The van der Waals surface area contributed by atoms with Crippen LogP contribution in [0.25, 0.3) is 0 Å². The van der Waals surface area contributed by atoms with Gasteiger partial charge in [0.05, 0.1) is 0 Å². The summed E-state index contributed by atoms with van der Waals surface area (Å²) in [4.78, 5) is 0. The third kappa shape index (κ3) is 27.2. The van der Waals surface area contributed by atoms with Gasteiger partial charge in [-0.15, -0.1) is 0 Å². The van der Waals surface area contributed by atoms with E-state index in [9.17, 15) is 10.6 Å². The standard InChI is InChI=1S/Al.3FH.Pr/h;3*1H;/q+3;;;;/p-3. The first-order valence-electron chi connectivity index (χ1n) is 0.655. The number of halogens is 3. The van der Waals surface area contributed by atoms with Gasteiger partial charge in [0.2, 0.25) is 0 Å². The van der Waals surface area contributed by atoms with Gasteiger partial charge in [0.25, 0.3) is 0 Å². The molecule has 0 aromatic carbocycles. The van der Waals surface area contributed by atoms with Crippen LogP contribution < -0.4 is 0 Å². The number of hydrogen-bond acceptors (Lipinski definition) is 0. The summed E-state index contributed by atoms with van der Waals surface area (Å²) in [7, 11) is 0. The van der Waals surface area contributed by atoms with Crippen LogP contribution in [-0.2, 0) is 0 Å². The van der Waals surface area contributed by atoms with Crippen LogP contribution in [-0.4, -0.2) is 15.5 Å². The molecule has 0 N–H and O–H groups in total.